The molecule has 0 bridgehead atoms. The van der Waals surface area contributed by atoms with Gasteiger partial charge in [-0.3, -0.25) is 0 Å². The lowest BCUT2D eigenvalue weighted by Crippen LogP contribution is -2.06. The number of benzene rings is 1. The van der Waals surface area contributed by atoms with Crippen LogP contribution in [0.15, 0.2) is 47.2 Å². The summed E-state index contributed by atoms with van der Waals surface area (Å²) < 4.78 is 14.7. The molecule has 0 saturated heterocycles. The van der Waals surface area contributed by atoms with Crippen LogP contribution >= 0.6 is 0 Å². The van der Waals surface area contributed by atoms with Crippen molar-refractivity contribution in [1.82, 2.24) is 29.4 Å². The minimum atomic E-state index is 0.265. The Labute approximate surface area is 184 Å². The molecule has 9 heteroatoms. The number of furan rings is 1. The van der Waals surface area contributed by atoms with Gasteiger partial charge >= 0.3 is 0 Å². The second-order valence-corrected chi connectivity index (χ2v) is 7.88. The Kier molecular flexibility index (Phi) is 5.22. The zero-order valence-corrected chi connectivity index (χ0v) is 18.2. The van der Waals surface area contributed by atoms with Crippen molar-refractivity contribution >= 4 is 22.6 Å². The van der Waals surface area contributed by atoms with Crippen LogP contribution in [0.5, 0.6) is 5.75 Å². The Bertz CT molecular complexity index is 1370. The van der Waals surface area contributed by atoms with Crippen molar-refractivity contribution in [3.63, 3.8) is 0 Å². The summed E-state index contributed by atoms with van der Waals surface area (Å²) in [7, 11) is 0. The van der Waals surface area contributed by atoms with Gasteiger partial charge in [0, 0.05) is 6.54 Å². The maximum Gasteiger partial charge on any atom is 0.225 e. The first-order valence-corrected chi connectivity index (χ1v) is 10.7. The van der Waals surface area contributed by atoms with Gasteiger partial charge in [0.2, 0.25) is 11.8 Å². The third kappa shape index (κ3) is 3.77. The van der Waals surface area contributed by atoms with Crippen molar-refractivity contribution in [2.24, 2.45) is 0 Å². The van der Waals surface area contributed by atoms with Crippen molar-refractivity contribution in [2.45, 2.75) is 39.7 Å². The van der Waals surface area contributed by atoms with Crippen LogP contribution in [0, 0.1) is 13.8 Å². The van der Waals surface area contributed by atoms with Crippen LogP contribution in [0.1, 0.15) is 30.4 Å². The minimum Gasteiger partial charge on any atom is -0.494 e. The van der Waals surface area contributed by atoms with Crippen LogP contribution in [-0.2, 0) is 6.54 Å². The van der Waals surface area contributed by atoms with Gasteiger partial charge in [-0.15, -0.1) is 5.10 Å². The summed E-state index contributed by atoms with van der Waals surface area (Å²) in [6.45, 7) is 5.65. The quantitative estimate of drug-likeness (QED) is 0.367. The number of hydrogen-bond donors (Lipinski definition) is 1. The van der Waals surface area contributed by atoms with Crippen LogP contribution in [0.25, 0.3) is 28.3 Å². The maximum absolute atomic E-state index is 6.15. The summed E-state index contributed by atoms with van der Waals surface area (Å²) in [5, 5.41) is 9.73. The topological polar surface area (TPSA) is 109 Å². The highest BCUT2D eigenvalue weighted by Gasteiger charge is 2.17. The molecular weight excluding hydrogens is 406 g/mol. The fourth-order valence-electron chi connectivity index (χ4n) is 3.66. The minimum absolute atomic E-state index is 0.265. The number of rotatable bonds is 8. The van der Waals surface area contributed by atoms with E-state index in [1.54, 1.807) is 18.5 Å². The average Bonchev–Trinajstić information content (AvgIpc) is 3.52. The number of nitrogen functional groups attached to an aromatic ring is 1. The number of fused-ring (bicyclic) bond motifs is 3. The van der Waals surface area contributed by atoms with Crippen molar-refractivity contribution < 1.29 is 9.15 Å². The van der Waals surface area contributed by atoms with Crippen molar-refractivity contribution in [2.75, 3.05) is 12.3 Å². The van der Waals surface area contributed by atoms with Crippen LogP contribution in [0.4, 0.5) is 5.95 Å². The van der Waals surface area contributed by atoms with Gasteiger partial charge in [0.15, 0.2) is 17.1 Å². The van der Waals surface area contributed by atoms with Gasteiger partial charge < -0.3 is 14.9 Å². The lowest BCUT2D eigenvalue weighted by Gasteiger charge is -2.08. The van der Waals surface area contributed by atoms with Crippen LogP contribution < -0.4 is 10.5 Å². The van der Waals surface area contributed by atoms with E-state index in [1.165, 1.54) is 15.6 Å². The normalized spacial score (nSPS) is 11.6. The highest BCUT2D eigenvalue weighted by molar-refractivity contribution is 5.90. The molecule has 0 atom stereocenters. The molecule has 5 rings (SSSR count). The van der Waals surface area contributed by atoms with E-state index in [1.807, 2.05) is 16.8 Å². The van der Waals surface area contributed by atoms with Crippen LogP contribution in [0.3, 0.4) is 0 Å². The Hall–Kier alpha value is -3.88. The Balaban J connectivity index is 1.22. The Morgan fingerprint density at radius 2 is 1.94 bits per heavy atom. The molecule has 0 saturated carbocycles. The van der Waals surface area contributed by atoms with E-state index >= 15 is 0 Å². The van der Waals surface area contributed by atoms with E-state index in [4.69, 9.17) is 14.9 Å². The fraction of sp³-hybridized carbons (Fsp3) is 0.304. The molecule has 0 radical (unpaired) electrons. The zero-order chi connectivity index (χ0) is 22.1. The second-order valence-electron chi connectivity index (χ2n) is 7.88. The zero-order valence-electron chi connectivity index (χ0n) is 18.2. The van der Waals surface area contributed by atoms with Crippen molar-refractivity contribution in [3.8, 4) is 17.3 Å². The van der Waals surface area contributed by atoms with E-state index in [0.29, 0.717) is 29.5 Å². The summed E-state index contributed by atoms with van der Waals surface area (Å²) in [4.78, 5) is 9.10. The Morgan fingerprint density at radius 3 is 2.75 bits per heavy atom. The lowest BCUT2D eigenvalue weighted by atomic mass is 10.1. The van der Waals surface area contributed by atoms with Gasteiger partial charge in [-0.1, -0.05) is 6.07 Å². The van der Waals surface area contributed by atoms with E-state index in [0.717, 1.165) is 36.9 Å². The summed E-state index contributed by atoms with van der Waals surface area (Å²) in [5.74, 6) is 2.24. The molecule has 9 nitrogen and oxygen atoms in total. The molecule has 0 unspecified atom stereocenters. The van der Waals surface area contributed by atoms with Gasteiger partial charge in [-0.25, -0.2) is 9.67 Å². The summed E-state index contributed by atoms with van der Waals surface area (Å²) in [5.41, 5.74) is 10.00. The SMILES string of the molecule is Cc1ccc(OCCCCCn2ncc3c2nc(N)n2nc(-c4ccco4)nc32)cc1C. The molecule has 32 heavy (non-hydrogen) atoms. The number of unbranched alkanes of at least 4 members (excludes halogenated alkanes) is 2. The highest BCUT2D eigenvalue weighted by Crippen LogP contribution is 2.23. The molecule has 0 aliphatic rings. The lowest BCUT2D eigenvalue weighted by molar-refractivity contribution is 0.303. The molecule has 164 valence electrons. The van der Waals surface area contributed by atoms with Gasteiger partial charge in [0.05, 0.1) is 24.5 Å². The van der Waals surface area contributed by atoms with E-state index in [9.17, 15) is 0 Å². The standard InChI is InChI=1S/C23H25N7O2/c1-15-8-9-17(13-16(15)2)31-11-5-3-4-10-29-21-18(14-25-29)22-26-20(19-7-6-12-32-19)28-30(22)23(24)27-21/h6-9,12-14H,3-5,10-11H2,1-2H3,(H2,24,27). The van der Waals surface area contributed by atoms with Crippen molar-refractivity contribution in [1.29, 1.82) is 0 Å². The van der Waals surface area contributed by atoms with Crippen LogP contribution in [-0.4, -0.2) is 36.0 Å². The third-order valence-corrected chi connectivity index (χ3v) is 5.60. The number of hydrogen-bond acceptors (Lipinski definition) is 7. The molecule has 0 fully saturated rings. The average molecular weight is 432 g/mol. The summed E-state index contributed by atoms with van der Waals surface area (Å²) in [6.07, 6.45) is 6.31. The smallest absolute Gasteiger partial charge is 0.225 e. The molecule has 0 amide bonds. The van der Waals surface area contributed by atoms with E-state index in [-0.39, 0.29) is 5.95 Å². The van der Waals surface area contributed by atoms with E-state index < -0.39 is 0 Å². The molecule has 1 aromatic carbocycles. The first-order chi connectivity index (χ1) is 15.6. The van der Waals surface area contributed by atoms with Crippen molar-refractivity contribution in [3.05, 3.63) is 53.9 Å². The molecule has 0 aliphatic heterocycles. The first-order valence-electron chi connectivity index (χ1n) is 10.7. The molecule has 0 spiro atoms. The number of aromatic nitrogens is 6. The molecular formula is C23H25N7O2. The largest absolute Gasteiger partial charge is 0.494 e. The third-order valence-electron chi connectivity index (χ3n) is 5.60. The molecule has 4 aromatic heterocycles. The monoisotopic (exact) mass is 431 g/mol. The first kappa shape index (κ1) is 20.0. The number of anilines is 1. The van der Waals surface area contributed by atoms with Crippen LogP contribution in [0.2, 0.25) is 0 Å². The Morgan fingerprint density at radius 1 is 1.03 bits per heavy atom. The van der Waals surface area contributed by atoms with Gasteiger partial charge in [0.25, 0.3) is 0 Å². The second kappa shape index (κ2) is 8.33. The molecule has 4 heterocycles. The van der Waals surface area contributed by atoms with E-state index in [2.05, 4.69) is 46.1 Å². The fourth-order valence-corrected chi connectivity index (χ4v) is 3.66. The number of nitrogens with zero attached hydrogens (tertiary/aromatic N) is 6. The number of nitrogens with two attached hydrogens (primary N) is 1. The number of aryl methyl sites for hydroxylation is 3. The number of ether oxygens (including phenoxy) is 1. The predicted octanol–water partition coefficient (Wildman–Crippen LogP) is 4.18. The van der Waals surface area contributed by atoms with Gasteiger partial charge in [-0.2, -0.15) is 14.6 Å². The summed E-state index contributed by atoms with van der Waals surface area (Å²) >= 11 is 0. The predicted molar refractivity (Wildman–Crippen MR) is 121 cm³/mol. The highest BCUT2D eigenvalue weighted by atomic mass is 16.5. The van der Waals surface area contributed by atoms with Gasteiger partial charge in [0.1, 0.15) is 5.75 Å². The molecule has 2 N–H and O–H groups in total. The molecule has 0 aliphatic carbocycles. The molecule has 5 aromatic rings. The van der Waals surface area contributed by atoms with Gasteiger partial charge in [-0.05, 0) is 68.5 Å². The summed E-state index contributed by atoms with van der Waals surface area (Å²) in [6, 6.07) is 9.81. The maximum atomic E-state index is 6.15.